The highest BCUT2D eigenvalue weighted by Gasteiger charge is 2.22. The molecule has 5 heteroatoms. The second-order valence-electron chi connectivity index (χ2n) is 5.60. The SMILES string of the molecule is N#C[C@H]1CCC[C@H](Nc2ccccc2OCc2cscn2)C1. The third kappa shape index (κ3) is 3.77. The molecule has 1 heterocycles. The maximum atomic E-state index is 9.11. The Morgan fingerprint density at radius 2 is 2.27 bits per heavy atom. The highest BCUT2D eigenvalue weighted by atomic mass is 32.1. The van der Waals surface area contributed by atoms with Gasteiger partial charge in [-0.15, -0.1) is 11.3 Å². The summed E-state index contributed by atoms with van der Waals surface area (Å²) in [6.07, 6.45) is 4.16. The fourth-order valence-electron chi connectivity index (χ4n) is 2.83. The van der Waals surface area contributed by atoms with Gasteiger partial charge in [0.2, 0.25) is 0 Å². The first kappa shape index (κ1) is 14.9. The summed E-state index contributed by atoms with van der Waals surface area (Å²) < 4.78 is 5.89. The van der Waals surface area contributed by atoms with Crippen LogP contribution in [0.25, 0.3) is 0 Å². The van der Waals surface area contributed by atoms with E-state index in [0.29, 0.717) is 12.6 Å². The number of hydrogen-bond donors (Lipinski definition) is 1. The topological polar surface area (TPSA) is 57.9 Å². The number of ether oxygens (including phenoxy) is 1. The van der Waals surface area contributed by atoms with Crippen molar-refractivity contribution >= 4 is 17.0 Å². The van der Waals surface area contributed by atoms with Crippen LogP contribution in [-0.2, 0) is 6.61 Å². The molecular weight excluding hydrogens is 294 g/mol. The minimum atomic E-state index is 0.175. The Bertz CT molecular complexity index is 636. The first-order chi connectivity index (χ1) is 10.8. The lowest BCUT2D eigenvalue weighted by atomic mass is 9.86. The summed E-state index contributed by atoms with van der Waals surface area (Å²) in [6, 6.07) is 10.7. The molecule has 1 fully saturated rings. The second-order valence-corrected chi connectivity index (χ2v) is 6.32. The Kier molecular flexibility index (Phi) is 4.92. The molecular formula is C17H19N3OS. The highest BCUT2D eigenvalue weighted by Crippen LogP contribution is 2.30. The quantitative estimate of drug-likeness (QED) is 0.898. The van der Waals surface area contributed by atoms with Crippen molar-refractivity contribution in [1.29, 1.82) is 5.26 Å². The van der Waals surface area contributed by atoms with Gasteiger partial charge in [-0.25, -0.2) is 4.98 Å². The fourth-order valence-corrected chi connectivity index (χ4v) is 3.37. The minimum Gasteiger partial charge on any atom is -0.485 e. The molecule has 114 valence electrons. The van der Waals surface area contributed by atoms with Crippen LogP contribution in [0.3, 0.4) is 0 Å². The number of nitrogens with one attached hydrogen (secondary N) is 1. The van der Waals surface area contributed by atoms with E-state index in [-0.39, 0.29) is 5.92 Å². The molecule has 0 unspecified atom stereocenters. The molecule has 3 rings (SSSR count). The van der Waals surface area contributed by atoms with E-state index in [1.54, 1.807) is 11.3 Å². The molecule has 1 aromatic heterocycles. The molecule has 1 aliphatic rings. The normalized spacial score (nSPS) is 21.0. The van der Waals surface area contributed by atoms with Gasteiger partial charge in [-0.3, -0.25) is 0 Å². The van der Waals surface area contributed by atoms with Crippen LogP contribution in [0.1, 0.15) is 31.4 Å². The number of anilines is 1. The molecule has 2 aromatic rings. The number of para-hydroxylation sites is 2. The molecule has 1 aliphatic carbocycles. The van der Waals surface area contributed by atoms with Crippen LogP contribution < -0.4 is 10.1 Å². The van der Waals surface area contributed by atoms with Crippen LogP contribution in [0.15, 0.2) is 35.2 Å². The van der Waals surface area contributed by atoms with Crippen molar-refractivity contribution < 1.29 is 4.74 Å². The molecule has 1 N–H and O–H groups in total. The average molecular weight is 313 g/mol. The Balaban J connectivity index is 1.64. The summed E-state index contributed by atoms with van der Waals surface area (Å²) in [4.78, 5) is 4.23. The van der Waals surface area contributed by atoms with Crippen LogP contribution in [0.2, 0.25) is 0 Å². The third-order valence-corrected chi connectivity index (χ3v) is 4.60. The number of hydrogen-bond acceptors (Lipinski definition) is 5. The van der Waals surface area contributed by atoms with Crippen molar-refractivity contribution in [2.24, 2.45) is 5.92 Å². The van der Waals surface area contributed by atoms with Gasteiger partial charge in [0.05, 0.1) is 23.0 Å². The molecule has 0 radical (unpaired) electrons. The maximum Gasteiger partial charge on any atom is 0.142 e. The number of benzene rings is 1. The summed E-state index contributed by atoms with van der Waals surface area (Å²) in [5.41, 5.74) is 3.76. The standard InChI is InChI=1S/C17H19N3OS/c18-9-13-4-3-5-14(8-13)20-16-6-1-2-7-17(16)21-10-15-11-22-12-19-15/h1-2,6-7,11-14,20H,3-5,8,10H2/t13-,14-/m0/s1. The van der Waals surface area contributed by atoms with Gasteiger partial charge in [-0.1, -0.05) is 18.6 Å². The van der Waals surface area contributed by atoms with Gasteiger partial charge >= 0.3 is 0 Å². The van der Waals surface area contributed by atoms with Gasteiger partial charge in [-0.2, -0.15) is 5.26 Å². The van der Waals surface area contributed by atoms with Crippen molar-refractivity contribution in [2.75, 3.05) is 5.32 Å². The van der Waals surface area contributed by atoms with Crippen molar-refractivity contribution in [1.82, 2.24) is 4.98 Å². The number of aromatic nitrogens is 1. The molecule has 22 heavy (non-hydrogen) atoms. The molecule has 0 saturated heterocycles. The first-order valence-electron chi connectivity index (χ1n) is 7.60. The molecule has 0 aliphatic heterocycles. The Hall–Kier alpha value is -2.06. The largest absolute Gasteiger partial charge is 0.485 e. The average Bonchev–Trinajstić information content (AvgIpc) is 3.08. The van der Waals surface area contributed by atoms with E-state index in [4.69, 9.17) is 10.00 Å². The van der Waals surface area contributed by atoms with Crippen molar-refractivity contribution in [2.45, 2.75) is 38.3 Å². The third-order valence-electron chi connectivity index (χ3n) is 3.96. The molecule has 0 spiro atoms. The maximum absolute atomic E-state index is 9.11. The number of nitrogens with zero attached hydrogens (tertiary/aromatic N) is 2. The predicted octanol–water partition coefficient (Wildman–Crippen LogP) is 4.22. The molecule has 1 saturated carbocycles. The van der Waals surface area contributed by atoms with Gasteiger partial charge in [0, 0.05) is 17.3 Å². The van der Waals surface area contributed by atoms with Crippen LogP contribution in [0, 0.1) is 17.2 Å². The van der Waals surface area contributed by atoms with Gasteiger partial charge in [0.25, 0.3) is 0 Å². The van der Waals surface area contributed by atoms with E-state index in [1.807, 2.05) is 35.2 Å². The smallest absolute Gasteiger partial charge is 0.142 e. The van der Waals surface area contributed by atoms with Crippen molar-refractivity contribution in [3.8, 4) is 11.8 Å². The Morgan fingerprint density at radius 3 is 3.09 bits per heavy atom. The van der Waals surface area contributed by atoms with Gasteiger partial charge in [0.15, 0.2) is 0 Å². The van der Waals surface area contributed by atoms with Crippen LogP contribution >= 0.6 is 11.3 Å². The Morgan fingerprint density at radius 1 is 1.36 bits per heavy atom. The summed E-state index contributed by atoms with van der Waals surface area (Å²) in [6.45, 7) is 0.480. The zero-order valence-corrected chi connectivity index (χ0v) is 13.2. The van der Waals surface area contributed by atoms with Crippen LogP contribution in [0.4, 0.5) is 5.69 Å². The molecule has 0 bridgehead atoms. The predicted molar refractivity (Wildman–Crippen MR) is 87.9 cm³/mol. The van der Waals surface area contributed by atoms with E-state index < -0.39 is 0 Å². The van der Waals surface area contributed by atoms with Crippen molar-refractivity contribution in [3.05, 3.63) is 40.8 Å². The second kappa shape index (κ2) is 7.28. The number of thiazole rings is 1. The van der Waals surface area contributed by atoms with Crippen LogP contribution in [0.5, 0.6) is 5.75 Å². The van der Waals surface area contributed by atoms with Crippen molar-refractivity contribution in [3.63, 3.8) is 0 Å². The zero-order chi connectivity index (χ0) is 15.2. The molecule has 0 amide bonds. The summed E-state index contributed by atoms with van der Waals surface area (Å²) in [7, 11) is 0. The lowest BCUT2D eigenvalue weighted by Gasteiger charge is -2.27. The summed E-state index contributed by atoms with van der Waals surface area (Å²) in [5.74, 6) is 1.02. The summed E-state index contributed by atoms with van der Waals surface area (Å²) in [5, 5.41) is 14.7. The first-order valence-corrected chi connectivity index (χ1v) is 8.54. The van der Waals surface area contributed by atoms with Crippen LogP contribution in [-0.4, -0.2) is 11.0 Å². The van der Waals surface area contributed by atoms with E-state index in [0.717, 1.165) is 42.8 Å². The fraction of sp³-hybridized carbons (Fsp3) is 0.412. The minimum absolute atomic E-state index is 0.175. The van der Waals surface area contributed by atoms with Gasteiger partial charge in [0.1, 0.15) is 12.4 Å². The lowest BCUT2D eigenvalue weighted by molar-refractivity contribution is 0.302. The number of rotatable bonds is 5. The zero-order valence-electron chi connectivity index (χ0n) is 12.4. The van der Waals surface area contributed by atoms with E-state index in [9.17, 15) is 0 Å². The monoisotopic (exact) mass is 313 g/mol. The van der Waals surface area contributed by atoms with Gasteiger partial charge < -0.3 is 10.1 Å². The van der Waals surface area contributed by atoms with Gasteiger partial charge in [-0.05, 0) is 31.4 Å². The van der Waals surface area contributed by atoms with E-state index in [2.05, 4.69) is 16.4 Å². The molecule has 1 aromatic carbocycles. The number of nitriles is 1. The summed E-state index contributed by atoms with van der Waals surface area (Å²) >= 11 is 1.57. The highest BCUT2D eigenvalue weighted by molar-refractivity contribution is 7.07. The van der Waals surface area contributed by atoms with E-state index in [1.165, 1.54) is 0 Å². The Labute approximate surface area is 134 Å². The lowest BCUT2D eigenvalue weighted by Crippen LogP contribution is -2.26. The molecule has 4 nitrogen and oxygen atoms in total. The van der Waals surface area contributed by atoms with E-state index >= 15 is 0 Å². The molecule has 2 atom stereocenters.